The zero-order chi connectivity index (χ0) is 18.0. The Balaban J connectivity index is 1.95. The Labute approximate surface area is 159 Å². The third kappa shape index (κ3) is 3.75. The van der Waals surface area contributed by atoms with E-state index < -0.39 is 0 Å². The molecule has 25 heavy (non-hydrogen) atoms. The summed E-state index contributed by atoms with van der Waals surface area (Å²) >= 11 is 3.73. The Kier molecular flexibility index (Phi) is 5.80. The van der Waals surface area contributed by atoms with Crippen molar-refractivity contribution in [1.29, 1.82) is 0 Å². The van der Waals surface area contributed by atoms with Gasteiger partial charge in [-0.05, 0) is 35.8 Å². The zero-order valence-electron chi connectivity index (χ0n) is 15.6. The van der Waals surface area contributed by atoms with E-state index in [-0.39, 0.29) is 0 Å². The highest BCUT2D eigenvalue weighted by Crippen LogP contribution is 2.37. The second kappa shape index (κ2) is 7.88. The predicted octanol–water partition coefficient (Wildman–Crippen LogP) is 6.82. The molecule has 3 rings (SSSR count). The minimum Gasteiger partial charge on any atom is -0.357 e. The predicted molar refractivity (Wildman–Crippen MR) is 112 cm³/mol. The lowest BCUT2D eigenvalue weighted by molar-refractivity contribution is 0.795. The van der Waals surface area contributed by atoms with Crippen LogP contribution in [-0.2, 0) is 5.75 Å². The molecule has 4 heteroatoms. The Bertz CT molecular complexity index is 865. The van der Waals surface area contributed by atoms with Gasteiger partial charge in [0.15, 0.2) is 0 Å². The Morgan fingerprint density at radius 2 is 1.84 bits per heavy atom. The van der Waals surface area contributed by atoms with E-state index in [1.54, 1.807) is 0 Å². The van der Waals surface area contributed by atoms with Gasteiger partial charge in [0.25, 0.3) is 0 Å². The number of H-pyrrole nitrogens is 1. The van der Waals surface area contributed by atoms with Crippen molar-refractivity contribution in [2.24, 2.45) is 0 Å². The molecular formula is C21H26N2S2. The second-order valence-corrected chi connectivity index (χ2v) is 8.73. The molecule has 0 saturated heterocycles. The van der Waals surface area contributed by atoms with Crippen molar-refractivity contribution in [1.82, 2.24) is 9.97 Å². The van der Waals surface area contributed by atoms with Gasteiger partial charge in [0.05, 0.1) is 11.2 Å². The van der Waals surface area contributed by atoms with Crippen molar-refractivity contribution in [2.45, 2.75) is 55.1 Å². The molecular weight excluding hydrogens is 344 g/mol. The number of hydrogen-bond donors (Lipinski definition) is 1. The third-order valence-electron chi connectivity index (χ3n) is 4.41. The summed E-state index contributed by atoms with van der Waals surface area (Å²) in [6.07, 6.45) is 4.06. The number of hydrogen-bond acceptors (Lipinski definition) is 3. The molecule has 0 unspecified atom stereocenters. The van der Waals surface area contributed by atoms with E-state index in [4.69, 9.17) is 0 Å². The molecule has 132 valence electrons. The molecule has 2 heterocycles. The number of thioether (sulfide) groups is 2. The molecule has 0 radical (unpaired) electrons. The van der Waals surface area contributed by atoms with Crippen LogP contribution in [0, 0.1) is 0 Å². The van der Waals surface area contributed by atoms with Gasteiger partial charge < -0.3 is 4.98 Å². The van der Waals surface area contributed by atoms with E-state index in [1.807, 2.05) is 35.8 Å². The normalized spacial score (nSPS) is 11.8. The van der Waals surface area contributed by atoms with Crippen LogP contribution in [0.2, 0.25) is 0 Å². The number of rotatable bonds is 6. The van der Waals surface area contributed by atoms with Gasteiger partial charge in [-0.3, -0.25) is 4.98 Å². The molecule has 0 aliphatic rings. The van der Waals surface area contributed by atoms with Gasteiger partial charge in [-0.2, -0.15) is 0 Å². The quantitative estimate of drug-likeness (QED) is 0.482. The Hall–Kier alpha value is -1.39. The standard InChI is InChI=1S/C21H26N2S2/c1-13(2)18-17(10-7-11-22-18)25-12-15-8-6-9-16-20(15)23-19(14(3)4)21(16)24-5/h6-11,13-14,23H,12H2,1-5H3. The highest BCUT2D eigenvalue weighted by Gasteiger charge is 2.16. The maximum absolute atomic E-state index is 4.58. The minimum atomic E-state index is 0.445. The molecule has 0 aliphatic heterocycles. The van der Waals surface area contributed by atoms with Crippen LogP contribution < -0.4 is 0 Å². The van der Waals surface area contributed by atoms with Crippen LogP contribution in [0.1, 0.15) is 56.5 Å². The number of pyridine rings is 1. The molecule has 0 bridgehead atoms. The monoisotopic (exact) mass is 370 g/mol. The molecule has 0 saturated carbocycles. The summed E-state index contributed by atoms with van der Waals surface area (Å²) in [5.74, 6) is 1.90. The van der Waals surface area contributed by atoms with Gasteiger partial charge in [0.1, 0.15) is 0 Å². The van der Waals surface area contributed by atoms with Crippen LogP contribution in [0.3, 0.4) is 0 Å². The first-order valence-corrected chi connectivity index (χ1v) is 11.0. The highest BCUT2D eigenvalue weighted by atomic mass is 32.2. The number of fused-ring (bicyclic) bond motifs is 1. The lowest BCUT2D eigenvalue weighted by Crippen LogP contribution is -1.95. The minimum absolute atomic E-state index is 0.445. The van der Waals surface area contributed by atoms with Gasteiger partial charge in [-0.15, -0.1) is 23.5 Å². The topological polar surface area (TPSA) is 28.7 Å². The molecule has 2 aromatic heterocycles. The van der Waals surface area contributed by atoms with Crippen molar-refractivity contribution < 1.29 is 0 Å². The number of nitrogens with zero attached hydrogens (tertiary/aromatic N) is 1. The fourth-order valence-corrected chi connectivity index (χ4v) is 5.19. The molecule has 2 nitrogen and oxygen atoms in total. The van der Waals surface area contributed by atoms with E-state index in [0.29, 0.717) is 11.8 Å². The van der Waals surface area contributed by atoms with Crippen LogP contribution in [0.5, 0.6) is 0 Å². The molecule has 1 N–H and O–H groups in total. The van der Waals surface area contributed by atoms with E-state index in [9.17, 15) is 0 Å². The summed E-state index contributed by atoms with van der Waals surface area (Å²) < 4.78 is 0. The molecule has 0 spiro atoms. The van der Waals surface area contributed by atoms with Crippen LogP contribution in [0.15, 0.2) is 46.3 Å². The lowest BCUT2D eigenvalue weighted by atomic mass is 10.1. The van der Waals surface area contributed by atoms with Crippen LogP contribution in [0.4, 0.5) is 0 Å². The summed E-state index contributed by atoms with van der Waals surface area (Å²) in [4.78, 5) is 11.0. The van der Waals surface area contributed by atoms with Crippen molar-refractivity contribution in [3.05, 3.63) is 53.5 Å². The highest BCUT2D eigenvalue weighted by molar-refractivity contribution is 7.99. The van der Waals surface area contributed by atoms with Crippen LogP contribution in [-0.4, -0.2) is 16.2 Å². The van der Waals surface area contributed by atoms with Gasteiger partial charge in [-0.25, -0.2) is 0 Å². The Morgan fingerprint density at radius 1 is 1.04 bits per heavy atom. The van der Waals surface area contributed by atoms with Gasteiger partial charge >= 0.3 is 0 Å². The molecule has 0 aliphatic carbocycles. The van der Waals surface area contributed by atoms with E-state index >= 15 is 0 Å². The van der Waals surface area contributed by atoms with Gasteiger partial charge in [-0.1, -0.05) is 45.9 Å². The largest absolute Gasteiger partial charge is 0.357 e. The van der Waals surface area contributed by atoms with E-state index in [0.717, 1.165) is 5.75 Å². The molecule has 0 fully saturated rings. The molecule has 0 amide bonds. The van der Waals surface area contributed by atoms with Crippen molar-refractivity contribution in [3.8, 4) is 0 Å². The van der Waals surface area contributed by atoms with E-state index in [1.165, 1.54) is 37.6 Å². The maximum atomic E-state index is 4.58. The third-order valence-corrected chi connectivity index (χ3v) is 6.37. The fraction of sp³-hybridized carbons (Fsp3) is 0.381. The summed E-state index contributed by atoms with van der Waals surface area (Å²) in [5, 5.41) is 1.35. The summed E-state index contributed by atoms with van der Waals surface area (Å²) in [7, 11) is 0. The zero-order valence-corrected chi connectivity index (χ0v) is 17.2. The number of aromatic nitrogens is 2. The maximum Gasteiger partial charge on any atom is 0.0564 e. The first-order chi connectivity index (χ1) is 12.0. The number of para-hydroxylation sites is 1. The van der Waals surface area contributed by atoms with Crippen molar-refractivity contribution >= 4 is 34.4 Å². The van der Waals surface area contributed by atoms with Gasteiger partial charge in [0, 0.05) is 32.8 Å². The number of aromatic amines is 1. The fourth-order valence-electron chi connectivity index (χ4n) is 3.13. The summed E-state index contributed by atoms with van der Waals surface area (Å²) in [6.45, 7) is 8.92. The van der Waals surface area contributed by atoms with Crippen molar-refractivity contribution in [2.75, 3.05) is 6.26 Å². The average Bonchev–Trinajstić information content (AvgIpc) is 2.99. The van der Waals surface area contributed by atoms with E-state index in [2.05, 4.69) is 68.2 Å². The molecule has 1 aromatic carbocycles. The second-order valence-electron chi connectivity index (χ2n) is 6.90. The summed E-state index contributed by atoms with van der Waals surface area (Å²) in [6, 6.07) is 10.9. The number of nitrogens with one attached hydrogen (secondary N) is 1. The Morgan fingerprint density at radius 3 is 2.52 bits per heavy atom. The smallest absolute Gasteiger partial charge is 0.0564 e. The van der Waals surface area contributed by atoms with Crippen LogP contribution in [0.25, 0.3) is 10.9 Å². The summed E-state index contributed by atoms with van der Waals surface area (Å²) in [5.41, 5.74) is 5.20. The van der Waals surface area contributed by atoms with Crippen molar-refractivity contribution in [3.63, 3.8) is 0 Å². The SMILES string of the molecule is CSc1c(C(C)C)[nH]c2c(CSc3cccnc3C(C)C)cccc12. The molecule has 0 atom stereocenters. The van der Waals surface area contributed by atoms with Gasteiger partial charge in [0.2, 0.25) is 0 Å². The first-order valence-electron chi connectivity index (χ1n) is 8.78. The molecule has 3 aromatic rings. The average molecular weight is 371 g/mol. The number of benzene rings is 1. The first kappa shape index (κ1) is 18.4. The lowest BCUT2D eigenvalue weighted by Gasteiger charge is -2.11. The van der Waals surface area contributed by atoms with Crippen LogP contribution >= 0.6 is 23.5 Å².